The Labute approximate surface area is 149 Å². The fourth-order valence-corrected chi connectivity index (χ4v) is 5.40. The van der Waals surface area contributed by atoms with E-state index in [1.807, 2.05) is 6.07 Å². The van der Waals surface area contributed by atoms with E-state index in [1.165, 1.54) is 12.0 Å². The molecule has 4 aliphatic rings. The molecule has 0 aromatic heterocycles. The van der Waals surface area contributed by atoms with Crippen molar-refractivity contribution in [1.82, 2.24) is 0 Å². The van der Waals surface area contributed by atoms with E-state index in [9.17, 15) is 0 Å². The van der Waals surface area contributed by atoms with Gasteiger partial charge >= 0.3 is 7.12 Å². The first kappa shape index (κ1) is 17.0. The van der Waals surface area contributed by atoms with Crippen molar-refractivity contribution in [2.75, 3.05) is 0 Å². The Kier molecular flexibility index (Phi) is 3.91. The fourth-order valence-electron chi connectivity index (χ4n) is 5.40. The topological polar surface area (TPSA) is 67.2 Å². The molecule has 5 rings (SSSR count). The minimum absolute atomic E-state index is 0.114. The molecule has 2 bridgehead atoms. The number of aryl methyl sites for hydroxylation is 1. The molecule has 1 heterocycles. The van der Waals surface area contributed by atoms with Crippen molar-refractivity contribution >= 4 is 7.12 Å². The molecule has 0 radical (unpaired) electrons. The number of nitrogens with zero attached hydrogens (tertiary/aromatic N) is 3. The van der Waals surface area contributed by atoms with Gasteiger partial charge in [0.2, 0.25) is 0 Å². The highest BCUT2D eigenvalue weighted by Crippen LogP contribution is 2.65. The molecule has 132 valence electrons. The predicted molar refractivity (Wildman–Crippen MR) is 97.9 cm³/mol. The third-order valence-electron chi connectivity index (χ3n) is 7.01. The summed E-state index contributed by atoms with van der Waals surface area (Å²) in [5.74, 6) is 0.890. The summed E-state index contributed by atoms with van der Waals surface area (Å²) in [6.07, 6.45) is 3.02. The van der Waals surface area contributed by atoms with Crippen LogP contribution >= 0.6 is 0 Å². The minimum Gasteiger partial charge on any atom is -0.405 e. The molecule has 25 heavy (non-hydrogen) atoms. The number of rotatable bonds is 4. The number of azide groups is 1. The number of hydrogen-bond donors (Lipinski definition) is 0. The van der Waals surface area contributed by atoms with Crippen molar-refractivity contribution in [3.8, 4) is 0 Å². The van der Waals surface area contributed by atoms with Crippen molar-refractivity contribution in [2.45, 2.75) is 64.6 Å². The van der Waals surface area contributed by atoms with Crippen LogP contribution in [0.4, 0.5) is 0 Å². The molecule has 1 aromatic carbocycles. The van der Waals surface area contributed by atoms with E-state index in [4.69, 9.17) is 14.8 Å². The molecule has 0 spiro atoms. The van der Waals surface area contributed by atoms with Gasteiger partial charge < -0.3 is 9.31 Å². The average Bonchev–Trinajstić information content (AvgIpc) is 2.91. The molecule has 3 saturated carbocycles. The highest BCUT2D eigenvalue weighted by atomic mass is 16.7. The zero-order valence-corrected chi connectivity index (χ0v) is 15.5. The van der Waals surface area contributed by atoms with Gasteiger partial charge in [-0.2, -0.15) is 0 Å². The molecular formula is C19H26BN3O2. The molecular weight excluding hydrogens is 313 g/mol. The van der Waals surface area contributed by atoms with Crippen LogP contribution in [-0.2, 0) is 15.7 Å². The van der Waals surface area contributed by atoms with E-state index < -0.39 is 7.12 Å². The highest BCUT2D eigenvalue weighted by Gasteiger charge is 2.68. The Balaban J connectivity index is 1.55. The Morgan fingerprint density at radius 1 is 1.36 bits per heavy atom. The quantitative estimate of drug-likeness (QED) is 0.351. The summed E-state index contributed by atoms with van der Waals surface area (Å²) in [4.78, 5) is 3.06. The zero-order chi connectivity index (χ0) is 17.8. The van der Waals surface area contributed by atoms with Crippen LogP contribution in [-0.4, -0.2) is 24.8 Å². The van der Waals surface area contributed by atoms with Gasteiger partial charge in [0.25, 0.3) is 0 Å². The van der Waals surface area contributed by atoms with Crippen molar-refractivity contribution < 1.29 is 9.31 Å². The molecule has 5 nitrogen and oxygen atoms in total. The van der Waals surface area contributed by atoms with Gasteiger partial charge in [-0.25, -0.2) is 0 Å². The van der Waals surface area contributed by atoms with Gasteiger partial charge in [-0.15, -0.1) is 0 Å². The van der Waals surface area contributed by atoms with E-state index in [1.54, 1.807) is 0 Å². The van der Waals surface area contributed by atoms with Crippen molar-refractivity contribution in [3.05, 3.63) is 45.8 Å². The second-order valence-corrected chi connectivity index (χ2v) is 8.80. The molecule has 1 saturated heterocycles. The Morgan fingerprint density at radius 3 is 2.84 bits per heavy atom. The summed E-state index contributed by atoms with van der Waals surface area (Å²) >= 11 is 0. The lowest BCUT2D eigenvalue weighted by Gasteiger charge is -2.64. The number of hydrogen-bond acceptors (Lipinski definition) is 3. The molecule has 0 amide bonds. The monoisotopic (exact) mass is 339 g/mol. The second-order valence-electron chi connectivity index (χ2n) is 8.80. The molecule has 5 atom stereocenters. The van der Waals surface area contributed by atoms with E-state index in [-0.39, 0.29) is 17.6 Å². The van der Waals surface area contributed by atoms with Crippen molar-refractivity contribution in [3.63, 3.8) is 0 Å². The van der Waals surface area contributed by atoms with Gasteiger partial charge in [0.05, 0.1) is 17.6 Å². The fraction of sp³-hybridized carbons (Fsp3) is 0.684. The van der Waals surface area contributed by atoms with Gasteiger partial charge in [0, 0.05) is 4.91 Å². The highest BCUT2D eigenvalue weighted by molar-refractivity contribution is 6.47. The lowest BCUT2D eigenvalue weighted by Crippen LogP contribution is -2.65. The average molecular weight is 339 g/mol. The van der Waals surface area contributed by atoms with E-state index in [2.05, 4.69) is 55.9 Å². The first-order chi connectivity index (χ1) is 11.8. The maximum Gasteiger partial charge on any atom is 0.467 e. The second kappa shape index (κ2) is 5.77. The molecule has 3 aliphatic carbocycles. The third kappa shape index (κ3) is 2.59. The van der Waals surface area contributed by atoms with Gasteiger partial charge in [-0.1, -0.05) is 48.8 Å². The Hall–Kier alpha value is -1.49. The first-order valence-electron chi connectivity index (χ1n) is 9.27. The van der Waals surface area contributed by atoms with Crippen LogP contribution in [0, 0.1) is 24.2 Å². The van der Waals surface area contributed by atoms with Crippen molar-refractivity contribution in [2.24, 2.45) is 22.4 Å². The van der Waals surface area contributed by atoms with Crippen LogP contribution in [0.5, 0.6) is 0 Å². The van der Waals surface area contributed by atoms with Gasteiger partial charge in [0.15, 0.2) is 0 Å². The summed E-state index contributed by atoms with van der Waals surface area (Å²) in [7, 11) is -0.457. The lowest BCUT2D eigenvalue weighted by molar-refractivity contribution is -0.199. The minimum atomic E-state index is -0.457. The van der Waals surface area contributed by atoms with Gasteiger partial charge in [-0.3, -0.25) is 0 Å². The van der Waals surface area contributed by atoms with Gasteiger partial charge in [0.1, 0.15) is 0 Å². The van der Waals surface area contributed by atoms with Crippen LogP contribution in [0.25, 0.3) is 10.4 Å². The largest absolute Gasteiger partial charge is 0.467 e. The van der Waals surface area contributed by atoms with Crippen LogP contribution in [0.15, 0.2) is 29.4 Å². The lowest BCUT2D eigenvalue weighted by atomic mass is 9.43. The molecule has 3 unspecified atom stereocenters. The Bertz CT molecular complexity index is 733. The summed E-state index contributed by atoms with van der Waals surface area (Å²) in [5, 5.41) is 4.03. The number of benzene rings is 1. The predicted octanol–water partition coefficient (Wildman–Crippen LogP) is 4.48. The van der Waals surface area contributed by atoms with E-state index in [0.29, 0.717) is 23.7 Å². The molecule has 4 fully saturated rings. The normalized spacial score (nSPS) is 36.2. The zero-order valence-electron chi connectivity index (χ0n) is 15.5. The summed E-state index contributed by atoms with van der Waals surface area (Å²) in [6.45, 7) is 8.96. The van der Waals surface area contributed by atoms with Crippen LogP contribution in [0.2, 0.25) is 0 Å². The summed E-state index contributed by atoms with van der Waals surface area (Å²) in [5.41, 5.74) is 11.4. The molecule has 1 aliphatic heterocycles. The smallest absolute Gasteiger partial charge is 0.405 e. The van der Waals surface area contributed by atoms with Crippen LogP contribution < -0.4 is 0 Å². The molecule has 1 aromatic rings. The third-order valence-corrected chi connectivity index (χ3v) is 7.01. The summed E-state index contributed by atoms with van der Waals surface area (Å²) in [6, 6.07) is 8.30. The Morgan fingerprint density at radius 2 is 2.16 bits per heavy atom. The first-order valence-corrected chi connectivity index (χ1v) is 9.27. The summed E-state index contributed by atoms with van der Waals surface area (Å²) < 4.78 is 12.8. The maximum absolute atomic E-state index is 9.04. The van der Waals surface area contributed by atoms with Crippen molar-refractivity contribution in [1.29, 1.82) is 0 Å². The standard InChI is InChI=1S/C19H26BN3O2/c1-12-6-5-7-13(8-12)9-17(22-23-21)20-24-16-11-14-10-15(18(14,2)3)19(16,4)25-20/h5-8,14-17H,9-11H2,1-4H3/t14?,15?,16?,17-,19-/m0/s1. The maximum atomic E-state index is 9.04. The van der Waals surface area contributed by atoms with Crippen LogP contribution in [0.1, 0.15) is 44.7 Å². The molecule has 6 heteroatoms. The van der Waals surface area contributed by atoms with E-state index >= 15 is 0 Å². The molecule has 0 N–H and O–H groups in total. The van der Waals surface area contributed by atoms with Crippen LogP contribution in [0.3, 0.4) is 0 Å². The van der Waals surface area contributed by atoms with E-state index in [0.717, 1.165) is 12.0 Å². The SMILES string of the molecule is Cc1cccc(C[C@H](N=[N+]=[N-])B2OC3CC4CC(C4(C)C)[C@]3(C)O2)c1. The van der Waals surface area contributed by atoms with Gasteiger partial charge in [-0.05, 0) is 61.5 Å².